The molecule has 0 saturated heterocycles. The topological polar surface area (TPSA) is 26.3 Å². The third-order valence-electron chi connectivity index (χ3n) is 3.43. The molecule has 2 nitrogen and oxygen atoms in total. The maximum atomic E-state index is 11.9. The molecule has 2 heteroatoms. The fraction of sp³-hybridized carbons (Fsp3) is 0.105. The number of carbonyl (C=O) groups is 1. The molecule has 0 unspecified atom stereocenters. The number of benzene rings is 2. The highest BCUT2D eigenvalue weighted by molar-refractivity contribution is 6.30. The molecule has 2 aromatic carbocycles. The lowest BCUT2D eigenvalue weighted by Crippen LogP contribution is -2.15. The Kier molecular flexibility index (Phi) is 3.57. The van der Waals surface area contributed by atoms with Crippen LogP contribution < -0.4 is 4.74 Å². The molecule has 2 aromatic rings. The summed E-state index contributed by atoms with van der Waals surface area (Å²) in [6.07, 6.45) is 0.432. The minimum atomic E-state index is 0.150. The standard InChI is InChI=1S/C19H14O2/c1-21-17-11-9-15(10-12-17)19-16(13-18(19)20)8-7-14-5-3-2-4-6-14/h2-6,9-12H,13H2,1H3. The van der Waals surface area contributed by atoms with E-state index in [-0.39, 0.29) is 5.78 Å². The number of ether oxygens (including phenoxy) is 1. The first-order valence-corrected chi connectivity index (χ1v) is 6.76. The third kappa shape index (κ3) is 2.73. The number of rotatable bonds is 2. The molecule has 1 aliphatic rings. The minimum absolute atomic E-state index is 0.150. The van der Waals surface area contributed by atoms with Crippen molar-refractivity contribution in [1.82, 2.24) is 0 Å². The van der Waals surface area contributed by atoms with Crippen molar-refractivity contribution >= 4 is 11.4 Å². The normalized spacial score (nSPS) is 13.3. The first kappa shape index (κ1) is 13.2. The average molecular weight is 274 g/mol. The summed E-state index contributed by atoms with van der Waals surface area (Å²) in [7, 11) is 1.62. The van der Waals surface area contributed by atoms with Crippen molar-refractivity contribution in [3.63, 3.8) is 0 Å². The van der Waals surface area contributed by atoms with Gasteiger partial charge < -0.3 is 4.74 Å². The van der Waals surface area contributed by atoms with E-state index in [0.29, 0.717) is 6.42 Å². The highest BCUT2D eigenvalue weighted by Crippen LogP contribution is 2.33. The summed E-state index contributed by atoms with van der Waals surface area (Å²) in [5, 5.41) is 0. The molecular formula is C19H14O2. The predicted molar refractivity (Wildman–Crippen MR) is 82.9 cm³/mol. The summed E-state index contributed by atoms with van der Waals surface area (Å²) in [6, 6.07) is 17.3. The lowest BCUT2D eigenvalue weighted by atomic mass is 9.82. The molecule has 0 amide bonds. The van der Waals surface area contributed by atoms with Crippen molar-refractivity contribution in [2.45, 2.75) is 6.42 Å². The van der Waals surface area contributed by atoms with Gasteiger partial charge in [0.25, 0.3) is 0 Å². The molecule has 0 saturated carbocycles. The predicted octanol–water partition coefficient (Wildman–Crippen LogP) is 3.47. The summed E-state index contributed by atoms with van der Waals surface area (Å²) < 4.78 is 5.13. The smallest absolute Gasteiger partial charge is 0.169 e. The monoisotopic (exact) mass is 274 g/mol. The molecular weight excluding hydrogens is 260 g/mol. The zero-order valence-electron chi connectivity index (χ0n) is 11.7. The van der Waals surface area contributed by atoms with Crippen LogP contribution in [0.1, 0.15) is 17.5 Å². The fourth-order valence-corrected chi connectivity index (χ4v) is 2.27. The van der Waals surface area contributed by atoms with E-state index in [1.165, 1.54) is 0 Å². The molecule has 0 aliphatic heterocycles. The summed E-state index contributed by atoms with van der Waals surface area (Å²) >= 11 is 0. The van der Waals surface area contributed by atoms with Gasteiger partial charge in [-0.25, -0.2) is 0 Å². The molecule has 0 fully saturated rings. The Balaban J connectivity index is 1.92. The van der Waals surface area contributed by atoms with Crippen LogP contribution in [0.25, 0.3) is 5.57 Å². The van der Waals surface area contributed by atoms with E-state index in [0.717, 1.165) is 28.0 Å². The molecule has 0 N–H and O–H groups in total. The highest BCUT2D eigenvalue weighted by atomic mass is 16.5. The average Bonchev–Trinajstić information content (AvgIpc) is 2.53. The Hall–Kier alpha value is -2.79. The maximum absolute atomic E-state index is 11.9. The van der Waals surface area contributed by atoms with Gasteiger partial charge in [-0.2, -0.15) is 0 Å². The van der Waals surface area contributed by atoms with Crippen LogP contribution in [-0.2, 0) is 4.79 Å². The van der Waals surface area contributed by atoms with E-state index >= 15 is 0 Å². The molecule has 102 valence electrons. The van der Waals surface area contributed by atoms with Crippen molar-refractivity contribution in [2.75, 3.05) is 7.11 Å². The quantitative estimate of drug-likeness (QED) is 0.784. The van der Waals surface area contributed by atoms with Gasteiger partial charge in [0, 0.05) is 23.1 Å². The molecule has 0 aromatic heterocycles. The number of Topliss-reactive ketones (excluding diaryl/α,β-unsaturated/α-hetero) is 1. The molecule has 0 radical (unpaired) electrons. The van der Waals surface area contributed by atoms with Gasteiger partial charge in [0.15, 0.2) is 5.78 Å². The van der Waals surface area contributed by atoms with Gasteiger partial charge in [-0.1, -0.05) is 42.2 Å². The minimum Gasteiger partial charge on any atom is -0.497 e. The Bertz CT molecular complexity index is 757. The van der Waals surface area contributed by atoms with E-state index in [2.05, 4.69) is 11.8 Å². The van der Waals surface area contributed by atoms with Crippen molar-refractivity contribution < 1.29 is 9.53 Å². The maximum Gasteiger partial charge on any atom is 0.169 e. The first-order chi connectivity index (χ1) is 10.3. The summed E-state index contributed by atoms with van der Waals surface area (Å²) in [6.45, 7) is 0. The molecule has 1 aliphatic carbocycles. The number of hydrogen-bond donors (Lipinski definition) is 0. The van der Waals surface area contributed by atoms with Gasteiger partial charge in [0.2, 0.25) is 0 Å². The molecule has 3 rings (SSSR count). The Morgan fingerprint density at radius 1 is 0.952 bits per heavy atom. The Labute approximate surface area is 124 Å². The fourth-order valence-electron chi connectivity index (χ4n) is 2.27. The van der Waals surface area contributed by atoms with Crippen molar-refractivity contribution in [3.05, 3.63) is 71.3 Å². The van der Waals surface area contributed by atoms with Gasteiger partial charge in [-0.15, -0.1) is 0 Å². The second kappa shape index (κ2) is 5.68. The number of carbonyl (C=O) groups excluding carboxylic acids is 1. The van der Waals surface area contributed by atoms with Crippen LogP contribution in [-0.4, -0.2) is 12.9 Å². The third-order valence-corrected chi connectivity index (χ3v) is 3.43. The van der Waals surface area contributed by atoms with Gasteiger partial charge in [0.05, 0.1) is 7.11 Å². The SMILES string of the molecule is COc1ccc(C2=C(C#Cc3ccccc3)CC2=O)cc1. The summed E-state index contributed by atoms with van der Waals surface area (Å²) in [5.41, 5.74) is 3.51. The Morgan fingerprint density at radius 2 is 1.67 bits per heavy atom. The van der Waals surface area contributed by atoms with Crippen LogP contribution in [0.3, 0.4) is 0 Å². The number of allylic oxidation sites excluding steroid dienone is 2. The zero-order valence-corrected chi connectivity index (χ0v) is 11.7. The lowest BCUT2D eigenvalue weighted by molar-refractivity contribution is -0.114. The highest BCUT2D eigenvalue weighted by Gasteiger charge is 2.27. The lowest BCUT2D eigenvalue weighted by Gasteiger charge is -2.18. The zero-order chi connectivity index (χ0) is 14.7. The summed E-state index contributed by atoms with van der Waals surface area (Å²) in [4.78, 5) is 11.9. The second-order valence-corrected chi connectivity index (χ2v) is 4.80. The molecule has 0 atom stereocenters. The van der Waals surface area contributed by atoms with Crippen molar-refractivity contribution in [3.8, 4) is 17.6 Å². The number of methoxy groups -OCH3 is 1. The number of hydrogen-bond acceptors (Lipinski definition) is 2. The molecule has 0 bridgehead atoms. The van der Waals surface area contributed by atoms with Crippen LogP contribution in [0.5, 0.6) is 5.75 Å². The van der Waals surface area contributed by atoms with Crippen LogP contribution >= 0.6 is 0 Å². The molecule has 21 heavy (non-hydrogen) atoms. The van der Waals surface area contributed by atoms with E-state index in [1.54, 1.807) is 7.11 Å². The van der Waals surface area contributed by atoms with E-state index in [4.69, 9.17) is 4.74 Å². The molecule has 0 spiro atoms. The van der Waals surface area contributed by atoms with E-state index in [1.807, 2.05) is 54.6 Å². The largest absolute Gasteiger partial charge is 0.497 e. The van der Waals surface area contributed by atoms with Gasteiger partial charge >= 0.3 is 0 Å². The van der Waals surface area contributed by atoms with E-state index < -0.39 is 0 Å². The van der Waals surface area contributed by atoms with Gasteiger partial charge in [0.1, 0.15) is 5.75 Å². The van der Waals surface area contributed by atoms with Crippen LogP contribution in [0.15, 0.2) is 60.2 Å². The second-order valence-electron chi connectivity index (χ2n) is 4.80. The summed E-state index contributed by atoms with van der Waals surface area (Å²) in [5.74, 6) is 7.16. The van der Waals surface area contributed by atoms with Crippen LogP contribution in [0.4, 0.5) is 0 Å². The van der Waals surface area contributed by atoms with Crippen molar-refractivity contribution in [2.24, 2.45) is 0 Å². The van der Waals surface area contributed by atoms with Crippen LogP contribution in [0.2, 0.25) is 0 Å². The van der Waals surface area contributed by atoms with E-state index in [9.17, 15) is 4.79 Å². The Morgan fingerprint density at radius 3 is 2.29 bits per heavy atom. The number of ketones is 1. The first-order valence-electron chi connectivity index (χ1n) is 6.76. The van der Waals surface area contributed by atoms with Gasteiger partial charge in [-0.05, 0) is 29.8 Å². The van der Waals surface area contributed by atoms with Crippen LogP contribution in [0, 0.1) is 11.8 Å². The van der Waals surface area contributed by atoms with Gasteiger partial charge in [-0.3, -0.25) is 4.79 Å². The van der Waals surface area contributed by atoms with Crippen molar-refractivity contribution in [1.29, 1.82) is 0 Å². The molecule has 0 heterocycles.